The Bertz CT molecular complexity index is 511. The summed E-state index contributed by atoms with van der Waals surface area (Å²) in [6, 6.07) is 6.18. The number of carbonyl (C=O) groups is 2. The SMILES string of the molecule is CN(Cc1ccccc1F)C(=O)C1(C(=O)O)CCC1. The zero-order chi connectivity index (χ0) is 14.0. The molecule has 1 aromatic carbocycles. The van der Waals surface area contributed by atoms with Crippen molar-refractivity contribution in [3.05, 3.63) is 35.6 Å². The standard InChI is InChI=1S/C14H16FNO3/c1-16(9-10-5-2-3-6-11(10)15)12(17)14(13(18)19)7-4-8-14/h2-3,5-6H,4,7-9H2,1H3,(H,18,19). The molecular formula is C14H16FNO3. The molecule has 0 heterocycles. The maximum absolute atomic E-state index is 13.5. The molecule has 0 aromatic heterocycles. The number of aliphatic carboxylic acids is 1. The molecule has 1 fully saturated rings. The Balaban J connectivity index is 2.12. The van der Waals surface area contributed by atoms with Crippen LogP contribution in [0.15, 0.2) is 24.3 Å². The van der Waals surface area contributed by atoms with Crippen LogP contribution in [0.1, 0.15) is 24.8 Å². The van der Waals surface area contributed by atoms with Crippen LogP contribution in [-0.2, 0) is 16.1 Å². The van der Waals surface area contributed by atoms with Crippen LogP contribution >= 0.6 is 0 Å². The van der Waals surface area contributed by atoms with Crippen molar-refractivity contribution >= 4 is 11.9 Å². The summed E-state index contributed by atoms with van der Waals surface area (Å²) < 4.78 is 13.5. The Hall–Kier alpha value is -1.91. The lowest BCUT2D eigenvalue weighted by molar-refractivity contribution is -0.167. The van der Waals surface area contributed by atoms with Gasteiger partial charge in [0.1, 0.15) is 11.2 Å². The second-order valence-electron chi connectivity index (χ2n) is 4.99. The molecule has 19 heavy (non-hydrogen) atoms. The van der Waals surface area contributed by atoms with Crippen LogP contribution in [-0.4, -0.2) is 28.9 Å². The van der Waals surface area contributed by atoms with Crippen LogP contribution in [0.25, 0.3) is 0 Å². The van der Waals surface area contributed by atoms with E-state index in [-0.39, 0.29) is 12.4 Å². The van der Waals surface area contributed by atoms with Gasteiger partial charge in [-0.1, -0.05) is 24.6 Å². The Morgan fingerprint density at radius 3 is 2.47 bits per heavy atom. The van der Waals surface area contributed by atoms with Crippen LogP contribution < -0.4 is 0 Å². The van der Waals surface area contributed by atoms with E-state index in [1.807, 2.05) is 0 Å². The molecule has 2 rings (SSSR count). The summed E-state index contributed by atoms with van der Waals surface area (Å²) in [4.78, 5) is 24.8. The van der Waals surface area contributed by atoms with Gasteiger partial charge in [0.25, 0.3) is 0 Å². The molecule has 1 aliphatic rings. The number of benzene rings is 1. The van der Waals surface area contributed by atoms with Gasteiger partial charge in [-0.25, -0.2) is 4.39 Å². The molecule has 5 heteroatoms. The van der Waals surface area contributed by atoms with Crippen molar-refractivity contribution < 1.29 is 19.1 Å². The highest BCUT2D eigenvalue weighted by Crippen LogP contribution is 2.42. The topological polar surface area (TPSA) is 57.6 Å². The minimum absolute atomic E-state index is 0.0839. The van der Waals surface area contributed by atoms with Gasteiger partial charge in [-0.15, -0.1) is 0 Å². The first-order chi connectivity index (χ1) is 8.97. The summed E-state index contributed by atoms with van der Waals surface area (Å²) >= 11 is 0. The average Bonchev–Trinajstić information content (AvgIpc) is 2.30. The van der Waals surface area contributed by atoms with E-state index in [1.165, 1.54) is 18.0 Å². The smallest absolute Gasteiger partial charge is 0.319 e. The molecular weight excluding hydrogens is 249 g/mol. The number of nitrogens with zero attached hydrogens (tertiary/aromatic N) is 1. The van der Waals surface area contributed by atoms with Crippen molar-refractivity contribution in [2.75, 3.05) is 7.05 Å². The van der Waals surface area contributed by atoms with Gasteiger partial charge in [-0.3, -0.25) is 9.59 Å². The lowest BCUT2D eigenvalue weighted by Crippen LogP contribution is -2.51. The molecule has 102 valence electrons. The van der Waals surface area contributed by atoms with E-state index >= 15 is 0 Å². The summed E-state index contributed by atoms with van der Waals surface area (Å²) in [6.07, 6.45) is 1.47. The zero-order valence-electron chi connectivity index (χ0n) is 10.7. The lowest BCUT2D eigenvalue weighted by atomic mass is 9.68. The van der Waals surface area contributed by atoms with Crippen molar-refractivity contribution in [2.45, 2.75) is 25.8 Å². The fraction of sp³-hybridized carbons (Fsp3) is 0.429. The molecule has 0 saturated heterocycles. The predicted octanol–water partition coefficient (Wildman–Crippen LogP) is 2.04. The minimum Gasteiger partial charge on any atom is -0.480 e. The monoisotopic (exact) mass is 265 g/mol. The normalized spacial score (nSPS) is 16.5. The largest absolute Gasteiger partial charge is 0.480 e. The quantitative estimate of drug-likeness (QED) is 0.847. The fourth-order valence-electron chi connectivity index (χ4n) is 2.37. The Labute approximate surface area is 110 Å². The molecule has 0 spiro atoms. The number of rotatable bonds is 4. The Kier molecular flexibility index (Phi) is 3.55. The summed E-state index contributed by atoms with van der Waals surface area (Å²) in [5, 5.41) is 9.20. The molecule has 0 atom stereocenters. The van der Waals surface area contributed by atoms with Gasteiger partial charge in [0.05, 0.1) is 0 Å². The second kappa shape index (κ2) is 4.99. The van der Waals surface area contributed by atoms with Crippen LogP contribution in [0.2, 0.25) is 0 Å². The van der Waals surface area contributed by atoms with Gasteiger partial charge in [-0.2, -0.15) is 0 Å². The first kappa shape index (κ1) is 13.5. The molecule has 0 unspecified atom stereocenters. The molecule has 1 saturated carbocycles. The third kappa shape index (κ3) is 2.32. The van der Waals surface area contributed by atoms with Crippen LogP contribution in [0.4, 0.5) is 4.39 Å². The van der Waals surface area contributed by atoms with Crippen molar-refractivity contribution in [3.63, 3.8) is 0 Å². The highest BCUT2D eigenvalue weighted by atomic mass is 19.1. The van der Waals surface area contributed by atoms with Gasteiger partial charge in [-0.05, 0) is 18.9 Å². The van der Waals surface area contributed by atoms with Gasteiger partial charge in [0.2, 0.25) is 5.91 Å². The number of carbonyl (C=O) groups excluding carboxylic acids is 1. The number of hydrogen-bond donors (Lipinski definition) is 1. The van der Waals surface area contributed by atoms with Crippen LogP contribution in [0.3, 0.4) is 0 Å². The van der Waals surface area contributed by atoms with Crippen LogP contribution in [0, 0.1) is 11.2 Å². The molecule has 0 radical (unpaired) electrons. The van der Waals surface area contributed by atoms with E-state index in [1.54, 1.807) is 18.2 Å². The van der Waals surface area contributed by atoms with Crippen molar-refractivity contribution in [1.82, 2.24) is 4.90 Å². The number of amides is 1. The van der Waals surface area contributed by atoms with E-state index in [4.69, 9.17) is 0 Å². The van der Waals surface area contributed by atoms with Gasteiger partial charge in [0.15, 0.2) is 0 Å². The summed E-state index contributed by atoms with van der Waals surface area (Å²) in [6.45, 7) is 0.0839. The van der Waals surface area contributed by atoms with Gasteiger partial charge < -0.3 is 10.0 Å². The number of hydrogen-bond acceptors (Lipinski definition) is 2. The predicted molar refractivity (Wildman–Crippen MR) is 66.8 cm³/mol. The number of halogens is 1. The number of carboxylic acid groups (broad SMARTS) is 1. The molecule has 0 bridgehead atoms. The maximum atomic E-state index is 13.5. The van der Waals surface area contributed by atoms with Crippen LogP contribution in [0.5, 0.6) is 0 Å². The average molecular weight is 265 g/mol. The van der Waals surface area contributed by atoms with E-state index in [2.05, 4.69) is 0 Å². The van der Waals surface area contributed by atoms with Crippen molar-refractivity contribution in [3.8, 4) is 0 Å². The third-order valence-electron chi connectivity index (χ3n) is 3.74. The zero-order valence-corrected chi connectivity index (χ0v) is 10.7. The van der Waals surface area contributed by atoms with E-state index in [9.17, 15) is 19.1 Å². The van der Waals surface area contributed by atoms with E-state index in [0.29, 0.717) is 18.4 Å². The third-order valence-corrected chi connectivity index (χ3v) is 3.74. The highest BCUT2D eigenvalue weighted by molar-refractivity contribution is 6.02. The van der Waals surface area contributed by atoms with E-state index in [0.717, 1.165) is 6.42 Å². The highest BCUT2D eigenvalue weighted by Gasteiger charge is 2.52. The first-order valence-corrected chi connectivity index (χ1v) is 6.20. The molecule has 4 nitrogen and oxygen atoms in total. The number of carboxylic acids is 1. The van der Waals surface area contributed by atoms with E-state index < -0.39 is 17.3 Å². The Morgan fingerprint density at radius 2 is 2.00 bits per heavy atom. The fourth-order valence-corrected chi connectivity index (χ4v) is 2.37. The maximum Gasteiger partial charge on any atom is 0.319 e. The molecule has 1 aliphatic carbocycles. The van der Waals surface area contributed by atoms with Gasteiger partial charge in [0, 0.05) is 19.2 Å². The summed E-state index contributed by atoms with van der Waals surface area (Å²) in [5.74, 6) is -1.90. The van der Waals surface area contributed by atoms with Gasteiger partial charge >= 0.3 is 5.97 Å². The summed E-state index contributed by atoms with van der Waals surface area (Å²) in [5.41, 5.74) is -0.904. The molecule has 1 amide bonds. The second-order valence-corrected chi connectivity index (χ2v) is 4.99. The molecule has 1 aromatic rings. The first-order valence-electron chi connectivity index (χ1n) is 6.20. The van der Waals surface area contributed by atoms with Crippen molar-refractivity contribution in [1.29, 1.82) is 0 Å². The minimum atomic E-state index is -1.29. The van der Waals surface area contributed by atoms with Crippen molar-refractivity contribution in [2.24, 2.45) is 5.41 Å². The molecule has 0 aliphatic heterocycles. The summed E-state index contributed by atoms with van der Waals surface area (Å²) in [7, 11) is 1.51. The molecule has 1 N–H and O–H groups in total. The lowest BCUT2D eigenvalue weighted by Gasteiger charge is -2.38. The Morgan fingerprint density at radius 1 is 1.37 bits per heavy atom.